The average Bonchev–Trinajstić information content (AvgIpc) is 2.27. The van der Waals surface area contributed by atoms with Crippen LogP contribution >= 0.6 is 15.9 Å². The van der Waals surface area contributed by atoms with Crippen molar-refractivity contribution >= 4 is 33.2 Å². The van der Waals surface area contributed by atoms with Crippen LogP contribution in [0.1, 0.15) is 25.7 Å². The van der Waals surface area contributed by atoms with Crippen molar-refractivity contribution in [1.29, 1.82) is 0 Å². The lowest BCUT2D eigenvalue weighted by Gasteiger charge is -2.39. The summed E-state index contributed by atoms with van der Waals surface area (Å²) in [7, 11) is 1.67. The molecule has 1 amide bonds. The molecule has 1 aromatic carbocycles. The standard InChI is InChI=1S/C13H17BrN2O2/c1-18-13(5-2-6-13)8-12(17)16-11-4-3-9(14)7-10(11)15/h3-4,7H,2,5-6,8,15H2,1H3,(H,16,17). The number of rotatable bonds is 4. The Morgan fingerprint density at radius 3 is 2.78 bits per heavy atom. The molecule has 1 saturated carbocycles. The normalized spacial score (nSPS) is 17.0. The van der Waals surface area contributed by atoms with Crippen molar-refractivity contribution in [3.63, 3.8) is 0 Å². The highest BCUT2D eigenvalue weighted by atomic mass is 79.9. The first-order valence-corrected chi connectivity index (χ1v) is 6.74. The van der Waals surface area contributed by atoms with Crippen molar-refractivity contribution in [2.24, 2.45) is 0 Å². The zero-order valence-corrected chi connectivity index (χ0v) is 11.9. The van der Waals surface area contributed by atoms with Crippen LogP contribution in [0.25, 0.3) is 0 Å². The Morgan fingerprint density at radius 1 is 1.56 bits per heavy atom. The molecule has 0 saturated heterocycles. The van der Waals surface area contributed by atoms with Crippen LogP contribution in [0, 0.1) is 0 Å². The maximum atomic E-state index is 12.0. The Morgan fingerprint density at radius 2 is 2.28 bits per heavy atom. The van der Waals surface area contributed by atoms with E-state index in [4.69, 9.17) is 10.5 Å². The van der Waals surface area contributed by atoms with Crippen molar-refractivity contribution in [3.8, 4) is 0 Å². The van der Waals surface area contributed by atoms with Gasteiger partial charge in [-0.05, 0) is 37.5 Å². The average molecular weight is 313 g/mol. The number of ether oxygens (including phenoxy) is 1. The van der Waals surface area contributed by atoms with E-state index in [1.54, 1.807) is 19.2 Å². The number of hydrogen-bond acceptors (Lipinski definition) is 3. The number of carbonyl (C=O) groups is 1. The molecule has 98 valence electrons. The Kier molecular flexibility index (Phi) is 3.92. The van der Waals surface area contributed by atoms with Crippen LogP contribution in [0.3, 0.4) is 0 Å². The van der Waals surface area contributed by atoms with Gasteiger partial charge < -0.3 is 15.8 Å². The van der Waals surface area contributed by atoms with Gasteiger partial charge in [-0.2, -0.15) is 0 Å². The molecule has 18 heavy (non-hydrogen) atoms. The lowest BCUT2D eigenvalue weighted by Crippen LogP contribution is -2.42. The van der Waals surface area contributed by atoms with E-state index in [1.807, 2.05) is 6.07 Å². The van der Waals surface area contributed by atoms with Gasteiger partial charge in [-0.1, -0.05) is 15.9 Å². The topological polar surface area (TPSA) is 64.3 Å². The minimum atomic E-state index is -0.256. The van der Waals surface area contributed by atoms with Crippen LogP contribution in [0.2, 0.25) is 0 Å². The molecule has 1 aliphatic rings. The maximum Gasteiger partial charge on any atom is 0.227 e. The number of amides is 1. The van der Waals surface area contributed by atoms with Crippen LogP contribution in [-0.4, -0.2) is 18.6 Å². The van der Waals surface area contributed by atoms with Gasteiger partial charge in [0.2, 0.25) is 5.91 Å². The van der Waals surface area contributed by atoms with Crippen molar-refractivity contribution in [1.82, 2.24) is 0 Å². The van der Waals surface area contributed by atoms with Crippen LogP contribution in [0.15, 0.2) is 22.7 Å². The van der Waals surface area contributed by atoms with Gasteiger partial charge in [0.05, 0.1) is 23.4 Å². The second-order valence-electron chi connectivity index (χ2n) is 4.70. The molecule has 5 heteroatoms. The number of methoxy groups -OCH3 is 1. The summed E-state index contributed by atoms with van der Waals surface area (Å²) in [4.78, 5) is 12.0. The van der Waals surface area contributed by atoms with E-state index in [2.05, 4.69) is 21.2 Å². The Hall–Kier alpha value is -1.07. The zero-order chi connectivity index (χ0) is 13.2. The van der Waals surface area contributed by atoms with Gasteiger partial charge in [-0.25, -0.2) is 0 Å². The van der Waals surface area contributed by atoms with Crippen molar-refractivity contribution in [3.05, 3.63) is 22.7 Å². The highest BCUT2D eigenvalue weighted by Crippen LogP contribution is 2.38. The first kappa shape index (κ1) is 13.4. The third-order valence-electron chi connectivity index (χ3n) is 3.47. The van der Waals surface area contributed by atoms with Crippen molar-refractivity contribution < 1.29 is 9.53 Å². The van der Waals surface area contributed by atoms with Gasteiger partial charge in [0, 0.05) is 11.6 Å². The summed E-state index contributed by atoms with van der Waals surface area (Å²) >= 11 is 3.33. The SMILES string of the molecule is COC1(CC(=O)Nc2ccc(Br)cc2N)CCC1. The minimum absolute atomic E-state index is 0.0504. The number of carbonyl (C=O) groups excluding carboxylic acids is 1. The fourth-order valence-corrected chi connectivity index (χ4v) is 2.54. The summed E-state index contributed by atoms with van der Waals surface area (Å²) in [5, 5.41) is 2.83. The third-order valence-corrected chi connectivity index (χ3v) is 3.96. The van der Waals surface area contributed by atoms with E-state index in [9.17, 15) is 4.79 Å². The summed E-state index contributed by atoms with van der Waals surface area (Å²) in [6.45, 7) is 0. The zero-order valence-electron chi connectivity index (χ0n) is 10.3. The summed E-state index contributed by atoms with van der Waals surface area (Å²) in [6, 6.07) is 5.41. The van der Waals surface area contributed by atoms with Gasteiger partial charge >= 0.3 is 0 Å². The second-order valence-corrected chi connectivity index (χ2v) is 5.61. The van der Waals surface area contributed by atoms with E-state index in [0.29, 0.717) is 17.8 Å². The Bertz CT molecular complexity index is 453. The molecule has 1 aromatic rings. The number of nitrogens with two attached hydrogens (primary N) is 1. The van der Waals surface area contributed by atoms with E-state index in [0.717, 1.165) is 23.7 Å². The van der Waals surface area contributed by atoms with E-state index >= 15 is 0 Å². The smallest absolute Gasteiger partial charge is 0.227 e. The minimum Gasteiger partial charge on any atom is -0.397 e. The number of halogens is 1. The van der Waals surface area contributed by atoms with Gasteiger partial charge in [0.1, 0.15) is 0 Å². The molecule has 0 aromatic heterocycles. The highest BCUT2D eigenvalue weighted by molar-refractivity contribution is 9.10. The molecule has 1 fully saturated rings. The summed E-state index contributed by atoms with van der Waals surface area (Å²) in [6.07, 6.45) is 3.42. The molecule has 0 spiro atoms. The molecule has 0 heterocycles. The van der Waals surface area contributed by atoms with E-state index < -0.39 is 0 Å². The molecule has 0 radical (unpaired) electrons. The molecular weight excluding hydrogens is 296 g/mol. The molecule has 4 nitrogen and oxygen atoms in total. The van der Waals surface area contributed by atoms with Crippen LogP contribution in [-0.2, 0) is 9.53 Å². The van der Waals surface area contributed by atoms with Crippen molar-refractivity contribution in [2.75, 3.05) is 18.2 Å². The molecule has 0 atom stereocenters. The fraction of sp³-hybridized carbons (Fsp3) is 0.462. The largest absolute Gasteiger partial charge is 0.397 e. The summed E-state index contributed by atoms with van der Waals surface area (Å²) in [5.74, 6) is -0.0504. The molecule has 0 aliphatic heterocycles. The second kappa shape index (κ2) is 5.28. The Balaban J connectivity index is 1.98. The molecule has 0 bridgehead atoms. The van der Waals surface area contributed by atoms with Gasteiger partial charge in [-0.15, -0.1) is 0 Å². The molecule has 0 unspecified atom stereocenters. The number of nitrogen functional groups attached to an aromatic ring is 1. The molecule has 1 aliphatic carbocycles. The predicted molar refractivity (Wildman–Crippen MR) is 75.4 cm³/mol. The molecular formula is C13H17BrN2O2. The quantitative estimate of drug-likeness (QED) is 0.840. The van der Waals surface area contributed by atoms with Crippen LogP contribution in [0.4, 0.5) is 11.4 Å². The maximum absolute atomic E-state index is 12.0. The van der Waals surface area contributed by atoms with Gasteiger partial charge in [0.15, 0.2) is 0 Å². The number of benzene rings is 1. The lowest BCUT2D eigenvalue weighted by atomic mass is 9.77. The molecule has 2 rings (SSSR count). The Labute approximate surface area is 115 Å². The van der Waals surface area contributed by atoms with Crippen molar-refractivity contribution in [2.45, 2.75) is 31.3 Å². The molecule has 3 N–H and O–H groups in total. The monoisotopic (exact) mass is 312 g/mol. The van der Waals surface area contributed by atoms with E-state index in [-0.39, 0.29) is 11.5 Å². The predicted octanol–water partition coefficient (Wildman–Crippen LogP) is 2.93. The van der Waals surface area contributed by atoms with Gasteiger partial charge in [0.25, 0.3) is 0 Å². The van der Waals surface area contributed by atoms with Crippen LogP contribution in [0.5, 0.6) is 0 Å². The number of hydrogen-bond donors (Lipinski definition) is 2. The number of nitrogens with one attached hydrogen (secondary N) is 1. The van der Waals surface area contributed by atoms with Gasteiger partial charge in [-0.3, -0.25) is 4.79 Å². The van der Waals surface area contributed by atoms with Crippen LogP contribution < -0.4 is 11.1 Å². The highest BCUT2D eigenvalue weighted by Gasteiger charge is 2.39. The summed E-state index contributed by atoms with van der Waals surface area (Å²) in [5.41, 5.74) is 6.78. The lowest BCUT2D eigenvalue weighted by molar-refractivity contribution is -0.129. The van der Waals surface area contributed by atoms with E-state index in [1.165, 1.54) is 0 Å². The first-order chi connectivity index (χ1) is 8.54. The third kappa shape index (κ3) is 2.84. The number of anilines is 2. The summed E-state index contributed by atoms with van der Waals surface area (Å²) < 4.78 is 6.33. The fourth-order valence-electron chi connectivity index (χ4n) is 2.16. The first-order valence-electron chi connectivity index (χ1n) is 5.95.